The molecule has 172 valence electrons. The average Bonchev–Trinajstić information content (AvgIpc) is 3.20. The molecule has 0 bridgehead atoms. The van der Waals surface area contributed by atoms with Gasteiger partial charge in [0.2, 0.25) is 10.0 Å². The summed E-state index contributed by atoms with van der Waals surface area (Å²) in [6.45, 7) is 5.73. The van der Waals surface area contributed by atoms with Gasteiger partial charge in [-0.2, -0.15) is 0 Å². The van der Waals surface area contributed by atoms with Crippen LogP contribution in [-0.4, -0.2) is 27.4 Å². The Hall–Kier alpha value is -2.94. The minimum atomic E-state index is -3.74. The predicted molar refractivity (Wildman–Crippen MR) is 131 cm³/mol. The van der Waals surface area contributed by atoms with E-state index < -0.39 is 20.0 Å². The molecule has 0 saturated carbocycles. The van der Waals surface area contributed by atoms with Gasteiger partial charge < -0.3 is 0 Å². The van der Waals surface area contributed by atoms with Crippen LogP contribution in [0.3, 0.4) is 0 Å². The maximum Gasteiger partial charge on any atom is 0.268 e. The van der Waals surface area contributed by atoms with E-state index in [4.69, 9.17) is 0 Å². The molecule has 0 atom stereocenters. The lowest BCUT2D eigenvalue weighted by Gasteiger charge is -2.11. The molecule has 4 aromatic rings. The molecular weight excluding hydrogens is 456 g/mol. The number of hydrogen-bond donors (Lipinski definition) is 1. The van der Waals surface area contributed by atoms with Gasteiger partial charge in [-0.1, -0.05) is 42.0 Å². The van der Waals surface area contributed by atoms with Crippen molar-refractivity contribution in [3.63, 3.8) is 0 Å². The minimum absolute atomic E-state index is 0.201. The Morgan fingerprint density at radius 1 is 0.788 bits per heavy atom. The summed E-state index contributed by atoms with van der Waals surface area (Å²) in [5.41, 5.74) is 3.95. The summed E-state index contributed by atoms with van der Waals surface area (Å²) in [5, 5.41) is 0.797. The van der Waals surface area contributed by atoms with Gasteiger partial charge in [0.15, 0.2) is 0 Å². The van der Waals surface area contributed by atoms with E-state index >= 15 is 0 Å². The highest BCUT2D eigenvalue weighted by Gasteiger charge is 2.19. The van der Waals surface area contributed by atoms with Gasteiger partial charge in [-0.05, 0) is 74.2 Å². The predicted octanol–water partition coefficient (Wildman–Crippen LogP) is 4.32. The van der Waals surface area contributed by atoms with E-state index in [1.54, 1.807) is 61.7 Å². The van der Waals surface area contributed by atoms with E-state index in [-0.39, 0.29) is 16.3 Å². The van der Waals surface area contributed by atoms with Crippen LogP contribution in [0, 0.1) is 20.8 Å². The summed E-state index contributed by atoms with van der Waals surface area (Å²) in [7, 11) is -7.38. The van der Waals surface area contributed by atoms with Crippen LogP contribution in [0.4, 0.5) is 0 Å². The zero-order valence-electron chi connectivity index (χ0n) is 18.7. The van der Waals surface area contributed by atoms with Gasteiger partial charge in [0.25, 0.3) is 10.0 Å². The number of nitrogens with zero attached hydrogens (tertiary/aromatic N) is 1. The molecule has 8 heteroatoms. The Labute approximate surface area is 195 Å². The molecule has 4 rings (SSSR count). The molecule has 0 aliphatic carbocycles. The van der Waals surface area contributed by atoms with Crippen molar-refractivity contribution in [1.82, 2.24) is 8.69 Å². The molecule has 1 aromatic heterocycles. The van der Waals surface area contributed by atoms with Gasteiger partial charge in [0.1, 0.15) is 0 Å². The molecule has 6 nitrogen and oxygen atoms in total. The lowest BCUT2D eigenvalue weighted by molar-refractivity contribution is 0.580. The van der Waals surface area contributed by atoms with E-state index in [2.05, 4.69) is 4.72 Å². The molecule has 33 heavy (non-hydrogen) atoms. The highest BCUT2D eigenvalue weighted by Crippen LogP contribution is 2.24. The second-order valence-corrected chi connectivity index (χ2v) is 11.8. The maximum absolute atomic E-state index is 13.2. The van der Waals surface area contributed by atoms with E-state index in [1.807, 2.05) is 32.0 Å². The van der Waals surface area contributed by atoms with E-state index in [1.165, 1.54) is 3.97 Å². The van der Waals surface area contributed by atoms with Gasteiger partial charge in [-0.3, -0.25) is 0 Å². The third kappa shape index (κ3) is 4.73. The monoisotopic (exact) mass is 482 g/mol. The molecule has 0 radical (unpaired) electrons. The number of fused-ring (bicyclic) bond motifs is 1. The number of aryl methyl sites for hydroxylation is 3. The lowest BCUT2D eigenvalue weighted by atomic mass is 10.1. The normalized spacial score (nSPS) is 12.3. The van der Waals surface area contributed by atoms with E-state index in [0.29, 0.717) is 17.5 Å². The number of sulfonamides is 1. The molecule has 0 saturated heterocycles. The number of aromatic nitrogens is 1. The largest absolute Gasteiger partial charge is 0.268 e. The number of benzene rings is 3. The zero-order valence-corrected chi connectivity index (χ0v) is 20.4. The molecular formula is C25H26N2O4S2. The molecule has 1 heterocycles. The molecule has 1 N–H and O–H groups in total. The fourth-order valence-electron chi connectivity index (χ4n) is 3.74. The standard InChI is InChI=1S/C25H26N2O4S2/c1-18-5-10-23(11-6-18)33(30,31)27-15-13-22-9-8-21(17-24(22)27)12-14-26-32(28,29)25-16-19(2)4-7-20(25)3/h4-11,13,15-17,26H,12,14H2,1-3H3. The van der Waals surface area contributed by atoms with Crippen molar-refractivity contribution in [2.45, 2.75) is 37.0 Å². The summed E-state index contributed by atoms with van der Waals surface area (Å²) in [4.78, 5) is 0.494. The number of rotatable bonds is 7. The highest BCUT2D eigenvalue weighted by atomic mass is 32.2. The van der Waals surface area contributed by atoms with Crippen LogP contribution in [-0.2, 0) is 26.5 Å². The van der Waals surface area contributed by atoms with Gasteiger partial charge >= 0.3 is 0 Å². The van der Waals surface area contributed by atoms with Gasteiger partial charge in [0, 0.05) is 18.1 Å². The third-order valence-electron chi connectivity index (χ3n) is 5.64. The van der Waals surface area contributed by atoms with Crippen molar-refractivity contribution < 1.29 is 16.8 Å². The SMILES string of the molecule is Cc1ccc(S(=O)(=O)n2ccc3ccc(CCNS(=O)(=O)c4cc(C)ccc4C)cc32)cc1. The van der Waals surface area contributed by atoms with Crippen LogP contribution >= 0.6 is 0 Å². The van der Waals surface area contributed by atoms with Crippen molar-refractivity contribution in [2.24, 2.45) is 0 Å². The Bertz CT molecular complexity index is 1540. The first-order valence-corrected chi connectivity index (χ1v) is 13.5. The van der Waals surface area contributed by atoms with Crippen LogP contribution < -0.4 is 4.72 Å². The van der Waals surface area contributed by atoms with Gasteiger partial charge in [-0.25, -0.2) is 25.5 Å². The fourth-order valence-corrected chi connectivity index (χ4v) is 6.45. The van der Waals surface area contributed by atoms with Gasteiger partial charge in [0.05, 0.1) is 15.3 Å². The first-order valence-electron chi connectivity index (χ1n) is 10.6. The van der Waals surface area contributed by atoms with Crippen LogP contribution in [0.25, 0.3) is 10.9 Å². The van der Waals surface area contributed by atoms with Crippen LogP contribution in [0.15, 0.2) is 82.7 Å². The van der Waals surface area contributed by atoms with Crippen LogP contribution in [0.1, 0.15) is 22.3 Å². The van der Waals surface area contributed by atoms with Crippen molar-refractivity contribution in [3.05, 3.63) is 95.2 Å². The zero-order chi connectivity index (χ0) is 23.8. The molecule has 3 aromatic carbocycles. The summed E-state index contributed by atoms with van der Waals surface area (Å²) in [6, 6.07) is 19.4. The topological polar surface area (TPSA) is 85.2 Å². The molecule has 0 aliphatic rings. The van der Waals surface area contributed by atoms with Crippen LogP contribution in [0.5, 0.6) is 0 Å². The Balaban J connectivity index is 1.57. The first kappa shape index (κ1) is 23.2. The quantitative estimate of drug-likeness (QED) is 0.425. The molecule has 0 aliphatic heterocycles. The Morgan fingerprint density at radius 3 is 2.21 bits per heavy atom. The maximum atomic E-state index is 13.2. The van der Waals surface area contributed by atoms with Crippen molar-refractivity contribution >= 4 is 30.9 Å². The second kappa shape index (κ2) is 8.78. The summed E-state index contributed by atoms with van der Waals surface area (Å²) < 4.78 is 55.7. The lowest BCUT2D eigenvalue weighted by Crippen LogP contribution is -2.26. The van der Waals surface area contributed by atoms with Crippen molar-refractivity contribution in [1.29, 1.82) is 0 Å². The Kier molecular flexibility index (Phi) is 6.18. The number of nitrogens with one attached hydrogen (secondary N) is 1. The van der Waals surface area contributed by atoms with E-state index in [9.17, 15) is 16.8 Å². The third-order valence-corrected chi connectivity index (χ3v) is 8.95. The summed E-state index contributed by atoms with van der Waals surface area (Å²) in [5.74, 6) is 0. The van der Waals surface area contributed by atoms with E-state index in [0.717, 1.165) is 22.1 Å². The molecule has 0 amide bonds. The first-order chi connectivity index (χ1) is 15.6. The summed E-state index contributed by atoms with van der Waals surface area (Å²) in [6.07, 6.45) is 1.97. The average molecular weight is 483 g/mol. The number of hydrogen-bond acceptors (Lipinski definition) is 4. The molecule has 0 spiro atoms. The molecule has 0 fully saturated rings. The summed E-state index contributed by atoms with van der Waals surface area (Å²) >= 11 is 0. The second-order valence-electron chi connectivity index (χ2n) is 8.24. The van der Waals surface area contributed by atoms with Crippen LogP contribution in [0.2, 0.25) is 0 Å². The van der Waals surface area contributed by atoms with Crippen molar-refractivity contribution in [2.75, 3.05) is 6.54 Å². The highest BCUT2D eigenvalue weighted by molar-refractivity contribution is 7.90. The van der Waals surface area contributed by atoms with Crippen molar-refractivity contribution in [3.8, 4) is 0 Å². The van der Waals surface area contributed by atoms with Gasteiger partial charge in [-0.15, -0.1) is 0 Å². The Morgan fingerprint density at radius 2 is 1.48 bits per heavy atom. The minimum Gasteiger partial charge on any atom is -0.241 e. The fraction of sp³-hybridized carbons (Fsp3) is 0.200. The molecule has 0 unspecified atom stereocenters. The smallest absolute Gasteiger partial charge is 0.241 e.